The molecule has 4 rings (SSSR count). The number of rotatable bonds is 6. The summed E-state index contributed by atoms with van der Waals surface area (Å²) in [5.41, 5.74) is 6.10. The third-order valence-corrected chi connectivity index (χ3v) is 5.57. The second-order valence-electron chi connectivity index (χ2n) is 7.82. The number of methoxy groups -OCH3 is 2. The minimum absolute atomic E-state index is 0.290. The van der Waals surface area contributed by atoms with Gasteiger partial charge in [0.1, 0.15) is 11.5 Å². The smallest absolute Gasteiger partial charge is 0.304 e. The predicted molar refractivity (Wildman–Crippen MR) is 125 cm³/mol. The van der Waals surface area contributed by atoms with E-state index in [4.69, 9.17) is 9.47 Å². The molecule has 0 radical (unpaired) electrons. The molecule has 0 aromatic heterocycles. The molecular weight excluding hydrogens is 418 g/mol. The Labute approximate surface area is 192 Å². The first-order valence-electron chi connectivity index (χ1n) is 10.6. The molecule has 0 saturated carbocycles. The number of nitrogens with one attached hydrogen (secondary N) is 2. The molecule has 3 aromatic rings. The largest absolute Gasteiger partial charge is 0.497 e. The van der Waals surface area contributed by atoms with Crippen LogP contribution in [-0.4, -0.2) is 43.0 Å². The molecule has 0 bridgehead atoms. The monoisotopic (exact) mass is 444 g/mol. The quantitative estimate of drug-likeness (QED) is 0.573. The Balaban J connectivity index is 1.69. The summed E-state index contributed by atoms with van der Waals surface area (Å²) in [4.78, 5) is 25.9. The van der Waals surface area contributed by atoms with Crippen LogP contribution in [0, 0.1) is 6.92 Å². The third-order valence-electron chi connectivity index (χ3n) is 5.57. The molecule has 1 aliphatic heterocycles. The SMILES string of the molecule is COc1ccc(/C=[N+]2\NC(=O)[C@@H](NC(=O)c3cccc(C)c3)[C@@H]2c2ccc(OC)cc2)cc1. The van der Waals surface area contributed by atoms with Gasteiger partial charge < -0.3 is 14.8 Å². The lowest BCUT2D eigenvalue weighted by Gasteiger charge is -2.15. The van der Waals surface area contributed by atoms with Crippen LogP contribution in [0.1, 0.15) is 33.1 Å². The first kappa shape index (κ1) is 22.1. The Bertz CT molecular complexity index is 1190. The molecule has 0 unspecified atom stereocenters. The van der Waals surface area contributed by atoms with Crippen molar-refractivity contribution in [2.24, 2.45) is 0 Å². The van der Waals surface area contributed by atoms with Crippen LogP contribution in [0.25, 0.3) is 0 Å². The lowest BCUT2D eigenvalue weighted by atomic mass is 9.99. The van der Waals surface area contributed by atoms with Crippen LogP contribution in [0.5, 0.6) is 11.5 Å². The molecule has 1 heterocycles. The molecular formula is C26H26N3O4+. The zero-order valence-electron chi connectivity index (χ0n) is 18.7. The summed E-state index contributed by atoms with van der Waals surface area (Å²) in [6.07, 6.45) is 1.84. The van der Waals surface area contributed by atoms with Crippen molar-refractivity contribution in [3.05, 3.63) is 95.1 Å². The second kappa shape index (κ2) is 9.56. The van der Waals surface area contributed by atoms with Crippen molar-refractivity contribution in [3.63, 3.8) is 0 Å². The molecule has 3 aromatic carbocycles. The molecule has 33 heavy (non-hydrogen) atoms. The van der Waals surface area contributed by atoms with Crippen molar-refractivity contribution in [2.75, 3.05) is 14.2 Å². The minimum Gasteiger partial charge on any atom is -0.497 e. The molecule has 7 heteroatoms. The van der Waals surface area contributed by atoms with E-state index in [1.807, 2.05) is 73.8 Å². The highest BCUT2D eigenvalue weighted by atomic mass is 16.5. The summed E-state index contributed by atoms with van der Waals surface area (Å²) >= 11 is 0. The van der Waals surface area contributed by atoms with Crippen LogP contribution in [0.2, 0.25) is 0 Å². The number of carbonyl (C=O) groups is 2. The molecule has 0 aliphatic carbocycles. The van der Waals surface area contributed by atoms with E-state index < -0.39 is 12.1 Å². The summed E-state index contributed by atoms with van der Waals surface area (Å²) in [7, 11) is 3.21. The number of hydrogen-bond acceptors (Lipinski definition) is 4. The Morgan fingerprint density at radius 3 is 2.21 bits per heavy atom. The van der Waals surface area contributed by atoms with Crippen LogP contribution in [0.4, 0.5) is 0 Å². The Kier molecular flexibility index (Phi) is 6.40. The molecule has 168 valence electrons. The van der Waals surface area contributed by atoms with Gasteiger partial charge in [0, 0.05) is 16.7 Å². The van der Waals surface area contributed by atoms with E-state index in [0.717, 1.165) is 22.4 Å². The van der Waals surface area contributed by atoms with Crippen molar-refractivity contribution in [1.82, 2.24) is 10.7 Å². The minimum atomic E-state index is -0.791. The summed E-state index contributed by atoms with van der Waals surface area (Å²) < 4.78 is 12.2. The number of amides is 2. The average Bonchev–Trinajstić information content (AvgIpc) is 3.13. The van der Waals surface area contributed by atoms with Crippen molar-refractivity contribution in [1.29, 1.82) is 0 Å². The van der Waals surface area contributed by atoms with Crippen LogP contribution in [0.3, 0.4) is 0 Å². The van der Waals surface area contributed by atoms with E-state index in [0.29, 0.717) is 11.3 Å². The van der Waals surface area contributed by atoms with Crippen LogP contribution in [-0.2, 0) is 4.79 Å². The number of hydrogen-bond donors (Lipinski definition) is 2. The van der Waals surface area contributed by atoms with Gasteiger partial charge in [-0.25, -0.2) is 0 Å². The topological polar surface area (TPSA) is 79.7 Å². The van der Waals surface area contributed by atoms with Gasteiger partial charge in [0.25, 0.3) is 5.91 Å². The third kappa shape index (κ3) is 4.87. The highest BCUT2D eigenvalue weighted by molar-refractivity contribution is 5.98. The summed E-state index contributed by atoms with van der Waals surface area (Å²) in [5, 5.41) is 2.92. The predicted octanol–water partition coefficient (Wildman–Crippen LogP) is 3.03. The zero-order chi connectivity index (χ0) is 23.4. The van der Waals surface area contributed by atoms with E-state index in [2.05, 4.69) is 10.7 Å². The van der Waals surface area contributed by atoms with Gasteiger partial charge in [-0.15, -0.1) is 10.1 Å². The molecule has 1 saturated heterocycles. The maximum absolute atomic E-state index is 13.0. The van der Waals surface area contributed by atoms with Crippen molar-refractivity contribution in [3.8, 4) is 11.5 Å². The number of benzene rings is 3. The molecule has 1 fully saturated rings. The number of hydrazine groups is 1. The highest BCUT2D eigenvalue weighted by Gasteiger charge is 2.47. The summed E-state index contributed by atoms with van der Waals surface area (Å²) in [5.74, 6) is 0.861. The normalized spacial score (nSPS) is 18.6. The molecule has 0 spiro atoms. The fourth-order valence-corrected chi connectivity index (χ4v) is 3.84. The fraction of sp³-hybridized carbons (Fsp3) is 0.192. The number of carbonyl (C=O) groups excluding carboxylic acids is 2. The lowest BCUT2D eigenvalue weighted by molar-refractivity contribution is -0.596. The number of hydrazone groups is 1. The van der Waals surface area contributed by atoms with Crippen molar-refractivity contribution in [2.45, 2.75) is 19.0 Å². The Hall–Kier alpha value is -4.13. The van der Waals surface area contributed by atoms with Gasteiger partial charge in [0.05, 0.1) is 14.2 Å². The number of aryl methyl sites for hydroxylation is 1. The van der Waals surface area contributed by atoms with Gasteiger partial charge in [-0.1, -0.05) is 17.7 Å². The van der Waals surface area contributed by atoms with Gasteiger partial charge >= 0.3 is 5.91 Å². The highest BCUT2D eigenvalue weighted by Crippen LogP contribution is 2.27. The van der Waals surface area contributed by atoms with Gasteiger partial charge in [-0.2, -0.15) is 0 Å². The van der Waals surface area contributed by atoms with Crippen LogP contribution < -0.4 is 20.2 Å². The van der Waals surface area contributed by atoms with E-state index >= 15 is 0 Å². The second-order valence-corrected chi connectivity index (χ2v) is 7.82. The van der Waals surface area contributed by atoms with E-state index in [1.165, 1.54) is 0 Å². The van der Waals surface area contributed by atoms with E-state index in [1.54, 1.807) is 31.0 Å². The van der Waals surface area contributed by atoms with Gasteiger partial charge in [0.15, 0.2) is 6.04 Å². The molecule has 2 amide bonds. The summed E-state index contributed by atoms with van der Waals surface area (Å²) in [6, 6.07) is 21.0. The zero-order valence-corrected chi connectivity index (χ0v) is 18.7. The van der Waals surface area contributed by atoms with Gasteiger partial charge in [-0.05, 0) is 67.6 Å². The Morgan fingerprint density at radius 1 is 0.970 bits per heavy atom. The molecule has 2 atom stereocenters. The first-order valence-corrected chi connectivity index (χ1v) is 10.6. The van der Waals surface area contributed by atoms with Gasteiger partial charge in [-0.3, -0.25) is 9.59 Å². The maximum Gasteiger partial charge on any atom is 0.304 e. The Morgan fingerprint density at radius 2 is 1.61 bits per heavy atom. The maximum atomic E-state index is 13.0. The van der Waals surface area contributed by atoms with Crippen LogP contribution in [0.15, 0.2) is 72.8 Å². The molecule has 2 N–H and O–H groups in total. The van der Waals surface area contributed by atoms with E-state index in [-0.39, 0.29) is 11.8 Å². The number of nitrogens with zero attached hydrogens (tertiary/aromatic N) is 1. The first-order chi connectivity index (χ1) is 16.0. The van der Waals surface area contributed by atoms with Crippen LogP contribution >= 0.6 is 0 Å². The number of ether oxygens (including phenoxy) is 2. The molecule has 1 aliphatic rings. The summed E-state index contributed by atoms with van der Waals surface area (Å²) in [6.45, 7) is 1.92. The average molecular weight is 445 g/mol. The standard InChI is InChI=1S/C26H25N3O4/c1-17-5-4-6-20(15-17)25(30)27-23-24(19-9-13-22(33-3)14-10-19)29(28-26(23)31)16-18-7-11-21(32-2)12-8-18/h4-16,23-24H,1-3H3,(H-,27,28,30,31)/p+1/b29-16-/t23-,24-/m0/s1. The molecule has 7 nitrogen and oxygen atoms in total. The van der Waals surface area contributed by atoms with Gasteiger partial charge in [0.2, 0.25) is 12.3 Å². The fourth-order valence-electron chi connectivity index (χ4n) is 3.84. The van der Waals surface area contributed by atoms with Crippen molar-refractivity contribution >= 4 is 18.0 Å². The lowest BCUT2D eigenvalue weighted by Crippen LogP contribution is -2.42. The van der Waals surface area contributed by atoms with Crippen molar-refractivity contribution < 1.29 is 23.7 Å². The van der Waals surface area contributed by atoms with E-state index in [9.17, 15) is 9.59 Å².